The molecule has 4 rings (SSSR count). The number of piperidine rings is 1. The highest BCUT2D eigenvalue weighted by Gasteiger charge is 2.20. The molecule has 1 aliphatic rings. The number of anilines is 1. The van der Waals surface area contributed by atoms with E-state index < -0.39 is 0 Å². The van der Waals surface area contributed by atoms with Gasteiger partial charge < -0.3 is 19.2 Å². The predicted molar refractivity (Wildman–Crippen MR) is 132 cm³/mol. The molecule has 0 radical (unpaired) electrons. The number of nitrogens with one attached hydrogen (secondary N) is 1. The average molecular weight is 451 g/mol. The molecule has 1 aromatic heterocycles. The predicted octanol–water partition coefficient (Wildman–Crippen LogP) is 5.45. The second kappa shape index (κ2) is 11.2. The molecule has 176 valence electrons. The molecule has 33 heavy (non-hydrogen) atoms. The van der Waals surface area contributed by atoms with Crippen molar-refractivity contribution in [2.24, 2.45) is 0 Å². The Kier molecular flexibility index (Phi) is 7.89. The summed E-state index contributed by atoms with van der Waals surface area (Å²) in [6.07, 6.45) is 4.27. The van der Waals surface area contributed by atoms with Gasteiger partial charge in [0, 0.05) is 37.1 Å². The summed E-state index contributed by atoms with van der Waals surface area (Å²) in [4.78, 5) is 14.5. The summed E-state index contributed by atoms with van der Waals surface area (Å²) in [6, 6.07) is 15.9. The SMILES string of the molecule is CCCCOc1ccc(CN2CCC(Nc3cc(=O)oc4ccc(OCC)cc34)CC2)cc1. The van der Waals surface area contributed by atoms with Crippen LogP contribution in [-0.4, -0.2) is 37.2 Å². The number of nitrogens with zero attached hydrogens (tertiary/aromatic N) is 1. The van der Waals surface area contributed by atoms with Crippen molar-refractivity contribution < 1.29 is 13.9 Å². The zero-order valence-electron chi connectivity index (χ0n) is 19.6. The summed E-state index contributed by atoms with van der Waals surface area (Å²) in [5.41, 5.74) is 2.36. The fraction of sp³-hybridized carbons (Fsp3) is 0.444. The summed E-state index contributed by atoms with van der Waals surface area (Å²) in [7, 11) is 0. The van der Waals surface area contributed by atoms with E-state index in [1.807, 2.05) is 19.1 Å². The Labute approximate surface area is 195 Å². The van der Waals surface area contributed by atoms with Gasteiger partial charge in [-0.25, -0.2) is 4.79 Å². The number of fused-ring (bicyclic) bond motifs is 1. The van der Waals surface area contributed by atoms with Gasteiger partial charge in [-0.05, 0) is 62.1 Å². The second-order valence-electron chi connectivity index (χ2n) is 8.61. The van der Waals surface area contributed by atoms with Gasteiger partial charge >= 0.3 is 5.63 Å². The van der Waals surface area contributed by atoms with Gasteiger partial charge in [0.05, 0.1) is 18.9 Å². The maximum atomic E-state index is 12.1. The minimum atomic E-state index is -0.339. The van der Waals surface area contributed by atoms with Crippen molar-refractivity contribution in [2.45, 2.75) is 52.1 Å². The molecule has 0 aliphatic carbocycles. The molecule has 2 aromatic carbocycles. The summed E-state index contributed by atoms with van der Waals surface area (Å²) in [5, 5.41) is 4.47. The Hall–Kier alpha value is -2.99. The number of hydrogen-bond acceptors (Lipinski definition) is 6. The number of benzene rings is 2. The largest absolute Gasteiger partial charge is 0.494 e. The van der Waals surface area contributed by atoms with Crippen LogP contribution in [0.1, 0.15) is 45.1 Å². The number of unbranched alkanes of at least 4 members (excludes halogenated alkanes) is 1. The van der Waals surface area contributed by atoms with Crippen LogP contribution >= 0.6 is 0 Å². The van der Waals surface area contributed by atoms with Crippen molar-refractivity contribution in [1.29, 1.82) is 0 Å². The molecular weight excluding hydrogens is 416 g/mol. The van der Waals surface area contributed by atoms with Crippen LogP contribution in [0.3, 0.4) is 0 Å². The first kappa shape index (κ1) is 23.2. The molecule has 1 fully saturated rings. The summed E-state index contributed by atoms with van der Waals surface area (Å²) >= 11 is 0. The molecule has 1 N–H and O–H groups in total. The molecule has 0 spiro atoms. The van der Waals surface area contributed by atoms with Crippen LogP contribution < -0.4 is 20.4 Å². The van der Waals surface area contributed by atoms with Gasteiger partial charge in [0.15, 0.2) is 0 Å². The van der Waals surface area contributed by atoms with Crippen LogP contribution in [0.25, 0.3) is 11.0 Å². The van der Waals surface area contributed by atoms with E-state index in [1.54, 1.807) is 12.1 Å². The van der Waals surface area contributed by atoms with Crippen LogP contribution in [0.4, 0.5) is 5.69 Å². The third kappa shape index (κ3) is 6.29. The van der Waals surface area contributed by atoms with Crippen molar-refractivity contribution in [3.8, 4) is 11.5 Å². The fourth-order valence-electron chi connectivity index (χ4n) is 4.26. The van der Waals surface area contributed by atoms with Crippen LogP contribution in [0.15, 0.2) is 57.7 Å². The third-order valence-electron chi connectivity index (χ3n) is 6.07. The molecule has 0 bridgehead atoms. The molecule has 1 aliphatic heterocycles. The lowest BCUT2D eigenvalue weighted by Gasteiger charge is -2.33. The van der Waals surface area contributed by atoms with Crippen molar-refractivity contribution in [1.82, 2.24) is 4.90 Å². The molecule has 3 aromatic rings. The highest BCUT2D eigenvalue weighted by Crippen LogP contribution is 2.28. The second-order valence-corrected chi connectivity index (χ2v) is 8.61. The third-order valence-corrected chi connectivity index (χ3v) is 6.07. The standard InChI is InChI=1S/C27H34N2O4/c1-3-5-16-32-22-8-6-20(7-9-22)19-29-14-12-21(13-15-29)28-25-18-27(30)33-26-11-10-23(31-4-2)17-24(25)26/h6-11,17-18,21,28H,3-5,12-16,19H2,1-2H3. The molecule has 1 saturated heterocycles. The first-order valence-corrected chi connectivity index (χ1v) is 12.1. The molecule has 6 heteroatoms. The zero-order chi connectivity index (χ0) is 23.0. The minimum absolute atomic E-state index is 0.316. The highest BCUT2D eigenvalue weighted by atomic mass is 16.5. The van der Waals surface area contributed by atoms with E-state index in [1.165, 1.54) is 5.56 Å². The van der Waals surface area contributed by atoms with Crippen molar-refractivity contribution in [3.63, 3.8) is 0 Å². The van der Waals surface area contributed by atoms with Gasteiger partial charge in [0.25, 0.3) is 0 Å². The summed E-state index contributed by atoms with van der Waals surface area (Å²) in [5.74, 6) is 1.72. The molecule has 0 unspecified atom stereocenters. The number of likely N-dealkylation sites (tertiary alicyclic amines) is 1. The Morgan fingerprint density at radius 1 is 1.00 bits per heavy atom. The number of hydrogen-bond donors (Lipinski definition) is 1. The van der Waals surface area contributed by atoms with Crippen LogP contribution in [0.5, 0.6) is 11.5 Å². The lowest BCUT2D eigenvalue weighted by molar-refractivity contribution is 0.211. The first-order chi connectivity index (χ1) is 16.1. The zero-order valence-corrected chi connectivity index (χ0v) is 19.6. The fourth-order valence-corrected chi connectivity index (χ4v) is 4.26. The quantitative estimate of drug-likeness (QED) is 0.327. The van der Waals surface area contributed by atoms with Crippen LogP contribution in [-0.2, 0) is 6.54 Å². The molecule has 2 heterocycles. The van der Waals surface area contributed by atoms with Gasteiger partial charge in [-0.1, -0.05) is 25.5 Å². The Morgan fingerprint density at radius 3 is 2.48 bits per heavy atom. The van der Waals surface area contributed by atoms with E-state index in [2.05, 4.69) is 41.4 Å². The average Bonchev–Trinajstić information content (AvgIpc) is 2.82. The van der Waals surface area contributed by atoms with Crippen LogP contribution in [0, 0.1) is 0 Å². The molecular formula is C27H34N2O4. The lowest BCUT2D eigenvalue weighted by atomic mass is 10.0. The summed E-state index contributed by atoms with van der Waals surface area (Å²) < 4.78 is 16.8. The maximum absolute atomic E-state index is 12.1. The number of rotatable bonds is 10. The topological polar surface area (TPSA) is 63.9 Å². The van der Waals surface area contributed by atoms with Crippen molar-refractivity contribution in [3.05, 3.63) is 64.5 Å². The van der Waals surface area contributed by atoms with Crippen molar-refractivity contribution >= 4 is 16.7 Å². The Balaban J connectivity index is 1.33. The Morgan fingerprint density at radius 2 is 1.76 bits per heavy atom. The smallest absolute Gasteiger partial charge is 0.338 e. The van der Waals surface area contributed by atoms with E-state index >= 15 is 0 Å². The van der Waals surface area contributed by atoms with E-state index in [0.717, 1.165) is 74.5 Å². The highest BCUT2D eigenvalue weighted by molar-refractivity contribution is 5.90. The van der Waals surface area contributed by atoms with Gasteiger partial charge in [-0.3, -0.25) is 4.90 Å². The van der Waals surface area contributed by atoms with Gasteiger partial charge in [-0.15, -0.1) is 0 Å². The minimum Gasteiger partial charge on any atom is -0.494 e. The molecule has 0 atom stereocenters. The molecule has 0 saturated carbocycles. The van der Waals surface area contributed by atoms with E-state index in [4.69, 9.17) is 13.9 Å². The number of ether oxygens (including phenoxy) is 2. The van der Waals surface area contributed by atoms with E-state index in [0.29, 0.717) is 18.2 Å². The van der Waals surface area contributed by atoms with Gasteiger partial charge in [0.1, 0.15) is 17.1 Å². The first-order valence-electron chi connectivity index (χ1n) is 12.1. The van der Waals surface area contributed by atoms with Gasteiger partial charge in [-0.2, -0.15) is 0 Å². The Bertz CT molecular complexity index is 1090. The monoisotopic (exact) mass is 450 g/mol. The normalized spacial score (nSPS) is 15.0. The van der Waals surface area contributed by atoms with E-state index in [-0.39, 0.29) is 5.63 Å². The van der Waals surface area contributed by atoms with E-state index in [9.17, 15) is 4.79 Å². The maximum Gasteiger partial charge on any atom is 0.338 e. The molecule has 6 nitrogen and oxygen atoms in total. The van der Waals surface area contributed by atoms with Crippen molar-refractivity contribution in [2.75, 3.05) is 31.6 Å². The lowest BCUT2D eigenvalue weighted by Crippen LogP contribution is -2.38. The van der Waals surface area contributed by atoms with Crippen LogP contribution in [0.2, 0.25) is 0 Å². The molecule has 0 amide bonds. The summed E-state index contributed by atoms with van der Waals surface area (Å²) in [6.45, 7) is 8.46. The van der Waals surface area contributed by atoms with Gasteiger partial charge in [0.2, 0.25) is 0 Å².